The van der Waals surface area contributed by atoms with Crippen LogP contribution in [0.2, 0.25) is 0 Å². The van der Waals surface area contributed by atoms with Crippen LogP contribution in [0.15, 0.2) is 30.3 Å². The van der Waals surface area contributed by atoms with Crippen molar-refractivity contribution in [1.82, 2.24) is 5.32 Å². The minimum atomic E-state index is -0.970. The second-order valence-corrected chi connectivity index (χ2v) is 5.87. The van der Waals surface area contributed by atoms with E-state index in [-0.39, 0.29) is 11.3 Å². The van der Waals surface area contributed by atoms with Crippen molar-refractivity contribution >= 4 is 18.0 Å². The van der Waals surface area contributed by atoms with E-state index in [2.05, 4.69) is 5.32 Å². The number of carbonyl (C=O) groups excluding carboxylic acids is 1. The van der Waals surface area contributed by atoms with Gasteiger partial charge in [0.25, 0.3) is 0 Å². The molecule has 1 aromatic rings. The first-order valence-electron chi connectivity index (χ1n) is 7.28. The molecule has 4 nitrogen and oxygen atoms in total. The SMILES string of the molecule is CC1(C(=O)NCc2cccc(/C=C/C(=O)O)c2)CCCC1. The molecule has 1 saturated carbocycles. The summed E-state index contributed by atoms with van der Waals surface area (Å²) in [4.78, 5) is 22.7. The van der Waals surface area contributed by atoms with Crippen molar-refractivity contribution in [2.24, 2.45) is 5.41 Å². The summed E-state index contributed by atoms with van der Waals surface area (Å²) in [7, 11) is 0. The van der Waals surface area contributed by atoms with Gasteiger partial charge >= 0.3 is 5.97 Å². The van der Waals surface area contributed by atoms with Gasteiger partial charge in [-0.2, -0.15) is 0 Å². The van der Waals surface area contributed by atoms with Crippen molar-refractivity contribution in [3.05, 3.63) is 41.5 Å². The van der Waals surface area contributed by atoms with Crippen LogP contribution < -0.4 is 5.32 Å². The Labute approximate surface area is 124 Å². The van der Waals surface area contributed by atoms with Gasteiger partial charge in [0.1, 0.15) is 0 Å². The Kier molecular flexibility index (Phi) is 4.78. The van der Waals surface area contributed by atoms with E-state index in [1.54, 1.807) is 6.08 Å². The molecule has 21 heavy (non-hydrogen) atoms. The molecule has 0 aromatic heterocycles. The summed E-state index contributed by atoms with van der Waals surface area (Å²) in [5.74, 6) is -0.852. The number of hydrogen-bond acceptors (Lipinski definition) is 2. The number of carboxylic acids is 1. The minimum absolute atomic E-state index is 0.117. The average Bonchev–Trinajstić information content (AvgIpc) is 2.91. The van der Waals surface area contributed by atoms with Gasteiger partial charge in [-0.25, -0.2) is 4.79 Å². The largest absolute Gasteiger partial charge is 0.478 e. The number of carboxylic acid groups (broad SMARTS) is 1. The lowest BCUT2D eigenvalue weighted by Crippen LogP contribution is -2.36. The first kappa shape index (κ1) is 15.3. The third-order valence-corrected chi connectivity index (χ3v) is 4.08. The highest BCUT2D eigenvalue weighted by molar-refractivity contribution is 5.85. The Morgan fingerprint density at radius 3 is 2.71 bits per heavy atom. The molecular formula is C17H21NO3. The molecule has 0 atom stereocenters. The highest BCUT2D eigenvalue weighted by Crippen LogP contribution is 2.37. The molecule has 112 valence electrons. The first-order chi connectivity index (χ1) is 9.99. The lowest BCUT2D eigenvalue weighted by atomic mass is 9.88. The summed E-state index contributed by atoms with van der Waals surface area (Å²) in [6, 6.07) is 7.51. The van der Waals surface area contributed by atoms with Crippen molar-refractivity contribution in [2.75, 3.05) is 0 Å². The Bertz CT molecular complexity index is 557. The van der Waals surface area contributed by atoms with Crippen molar-refractivity contribution < 1.29 is 14.7 Å². The van der Waals surface area contributed by atoms with Crippen LogP contribution in [-0.4, -0.2) is 17.0 Å². The Hall–Kier alpha value is -2.10. The van der Waals surface area contributed by atoms with Crippen LogP contribution in [0.1, 0.15) is 43.7 Å². The second kappa shape index (κ2) is 6.57. The predicted octanol–water partition coefficient (Wildman–Crippen LogP) is 2.98. The Balaban J connectivity index is 1.95. The van der Waals surface area contributed by atoms with E-state index in [0.29, 0.717) is 6.54 Å². The van der Waals surface area contributed by atoms with Crippen LogP contribution in [0.5, 0.6) is 0 Å². The van der Waals surface area contributed by atoms with Gasteiger partial charge in [-0.3, -0.25) is 4.79 Å². The maximum atomic E-state index is 12.2. The summed E-state index contributed by atoms with van der Waals surface area (Å²) >= 11 is 0. The Morgan fingerprint density at radius 1 is 1.33 bits per heavy atom. The summed E-state index contributed by atoms with van der Waals surface area (Å²) < 4.78 is 0. The molecule has 0 heterocycles. The normalized spacial score (nSPS) is 17.0. The zero-order valence-corrected chi connectivity index (χ0v) is 12.3. The molecule has 0 aliphatic heterocycles. The molecule has 2 N–H and O–H groups in total. The number of nitrogens with one attached hydrogen (secondary N) is 1. The standard InChI is InChI=1S/C17H21NO3/c1-17(9-2-3-10-17)16(21)18-12-14-6-4-5-13(11-14)7-8-15(19)20/h4-8,11H,2-3,9-10,12H2,1H3,(H,18,21)(H,19,20)/b8-7+. The highest BCUT2D eigenvalue weighted by Gasteiger charge is 2.35. The molecule has 1 aromatic carbocycles. The molecule has 1 amide bonds. The van der Waals surface area contributed by atoms with Crippen LogP contribution >= 0.6 is 0 Å². The van der Waals surface area contributed by atoms with Gasteiger partial charge in [-0.05, 0) is 36.1 Å². The number of carbonyl (C=O) groups is 2. The molecule has 2 rings (SSSR count). The molecule has 4 heteroatoms. The van der Waals surface area contributed by atoms with Gasteiger partial charge < -0.3 is 10.4 Å². The topological polar surface area (TPSA) is 66.4 Å². The van der Waals surface area contributed by atoms with E-state index >= 15 is 0 Å². The van der Waals surface area contributed by atoms with Crippen LogP contribution in [0.3, 0.4) is 0 Å². The number of rotatable bonds is 5. The van der Waals surface area contributed by atoms with Gasteiger partial charge in [0.15, 0.2) is 0 Å². The van der Waals surface area contributed by atoms with Gasteiger partial charge in [0.05, 0.1) is 0 Å². The van der Waals surface area contributed by atoms with E-state index in [1.807, 2.05) is 31.2 Å². The van der Waals surface area contributed by atoms with Gasteiger partial charge in [-0.15, -0.1) is 0 Å². The number of aliphatic carboxylic acids is 1. The van der Waals surface area contributed by atoms with E-state index in [9.17, 15) is 9.59 Å². The molecule has 1 aliphatic rings. The summed E-state index contributed by atoms with van der Waals surface area (Å²) in [6.45, 7) is 2.50. The summed E-state index contributed by atoms with van der Waals surface area (Å²) in [5.41, 5.74) is 1.56. The van der Waals surface area contributed by atoms with E-state index in [4.69, 9.17) is 5.11 Å². The molecule has 0 unspecified atom stereocenters. The maximum absolute atomic E-state index is 12.2. The number of benzene rings is 1. The maximum Gasteiger partial charge on any atom is 0.328 e. The predicted molar refractivity (Wildman–Crippen MR) is 81.5 cm³/mol. The zero-order chi connectivity index (χ0) is 15.3. The molecule has 0 bridgehead atoms. The van der Waals surface area contributed by atoms with Crippen LogP contribution in [0.25, 0.3) is 6.08 Å². The number of hydrogen-bond donors (Lipinski definition) is 2. The van der Waals surface area contributed by atoms with Gasteiger partial charge in [0, 0.05) is 18.0 Å². The van der Waals surface area contributed by atoms with Gasteiger partial charge in [0.2, 0.25) is 5.91 Å². The second-order valence-electron chi connectivity index (χ2n) is 5.87. The smallest absolute Gasteiger partial charge is 0.328 e. The van der Waals surface area contributed by atoms with E-state index in [0.717, 1.165) is 42.9 Å². The monoisotopic (exact) mass is 287 g/mol. The highest BCUT2D eigenvalue weighted by atomic mass is 16.4. The fraction of sp³-hybridized carbons (Fsp3) is 0.412. The van der Waals surface area contributed by atoms with Gasteiger partial charge in [-0.1, -0.05) is 38.0 Å². The third kappa shape index (κ3) is 4.18. The van der Waals surface area contributed by atoms with E-state index < -0.39 is 5.97 Å². The lowest BCUT2D eigenvalue weighted by molar-refractivity contribution is -0.131. The molecule has 0 radical (unpaired) electrons. The molecule has 0 spiro atoms. The average molecular weight is 287 g/mol. The molecule has 1 fully saturated rings. The minimum Gasteiger partial charge on any atom is -0.478 e. The van der Waals surface area contributed by atoms with Crippen molar-refractivity contribution in [2.45, 2.75) is 39.2 Å². The third-order valence-electron chi connectivity index (χ3n) is 4.08. The van der Waals surface area contributed by atoms with Crippen molar-refractivity contribution in [1.29, 1.82) is 0 Å². The van der Waals surface area contributed by atoms with E-state index in [1.165, 1.54) is 0 Å². The van der Waals surface area contributed by atoms with Crippen LogP contribution in [0.4, 0.5) is 0 Å². The zero-order valence-electron chi connectivity index (χ0n) is 12.3. The summed E-state index contributed by atoms with van der Waals surface area (Å²) in [6.07, 6.45) is 6.82. The quantitative estimate of drug-likeness (QED) is 0.818. The lowest BCUT2D eigenvalue weighted by Gasteiger charge is -2.22. The van der Waals surface area contributed by atoms with Crippen molar-refractivity contribution in [3.8, 4) is 0 Å². The summed E-state index contributed by atoms with van der Waals surface area (Å²) in [5, 5.41) is 11.6. The Morgan fingerprint density at radius 2 is 2.05 bits per heavy atom. The van der Waals surface area contributed by atoms with Crippen LogP contribution in [0, 0.1) is 5.41 Å². The fourth-order valence-electron chi connectivity index (χ4n) is 2.75. The molecular weight excluding hydrogens is 266 g/mol. The van der Waals surface area contributed by atoms with Crippen LogP contribution in [-0.2, 0) is 16.1 Å². The van der Waals surface area contributed by atoms with Crippen molar-refractivity contribution in [3.63, 3.8) is 0 Å². The molecule has 0 saturated heterocycles. The number of amides is 1. The molecule has 1 aliphatic carbocycles. The fourth-order valence-corrected chi connectivity index (χ4v) is 2.75. The first-order valence-corrected chi connectivity index (χ1v) is 7.28.